The zero-order chi connectivity index (χ0) is 15.0. The Labute approximate surface area is 120 Å². The van der Waals surface area contributed by atoms with Gasteiger partial charge in [-0.05, 0) is 29.1 Å². The zero-order valence-corrected chi connectivity index (χ0v) is 11.6. The summed E-state index contributed by atoms with van der Waals surface area (Å²) in [7, 11) is 3.15. The Morgan fingerprint density at radius 2 is 2.05 bits per heavy atom. The Kier molecular flexibility index (Phi) is 3.17. The van der Waals surface area contributed by atoms with Crippen molar-refractivity contribution in [2.45, 2.75) is 0 Å². The maximum Gasteiger partial charge on any atom is 0.259 e. The van der Waals surface area contributed by atoms with Crippen LogP contribution >= 0.6 is 0 Å². The van der Waals surface area contributed by atoms with Crippen LogP contribution in [0.25, 0.3) is 21.9 Å². The molecule has 0 bridgehead atoms. The molecule has 0 aliphatic carbocycles. The smallest absolute Gasteiger partial charge is 0.259 e. The average Bonchev–Trinajstić information content (AvgIpc) is 2.50. The second-order valence-electron chi connectivity index (χ2n) is 4.76. The molecule has 5 heteroatoms. The van der Waals surface area contributed by atoms with Gasteiger partial charge in [-0.1, -0.05) is 0 Å². The molecular weight excluding hydrogens is 271 g/mol. The SMILES string of the molecule is COc1cc(F)cc(-c2cn(C)c(=O)c3cnccc23)c1. The molecule has 21 heavy (non-hydrogen) atoms. The van der Waals surface area contributed by atoms with Crippen LogP contribution in [0.4, 0.5) is 4.39 Å². The van der Waals surface area contributed by atoms with E-state index in [0.717, 1.165) is 10.9 Å². The van der Waals surface area contributed by atoms with Crippen LogP contribution < -0.4 is 10.3 Å². The Morgan fingerprint density at radius 3 is 2.81 bits per heavy atom. The number of nitrogens with zero attached hydrogens (tertiary/aromatic N) is 2. The van der Waals surface area contributed by atoms with Crippen LogP contribution in [0.15, 0.2) is 47.7 Å². The third-order valence-electron chi connectivity index (χ3n) is 3.40. The minimum Gasteiger partial charge on any atom is -0.497 e. The van der Waals surface area contributed by atoms with Gasteiger partial charge in [0.05, 0.1) is 12.5 Å². The molecule has 0 saturated heterocycles. The van der Waals surface area contributed by atoms with E-state index in [1.807, 2.05) is 0 Å². The van der Waals surface area contributed by atoms with Crippen molar-refractivity contribution in [1.82, 2.24) is 9.55 Å². The molecule has 0 N–H and O–H groups in total. The highest BCUT2D eigenvalue weighted by Gasteiger charge is 2.11. The summed E-state index contributed by atoms with van der Waals surface area (Å²) in [4.78, 5) is 16.1. The standard InChI is InChI=1S/C16H13FN2O2/c1-19-9-15(10-5-11(17)7-12(6-10)21-2)13-3-4-18-8-14(13)16(19)20/h3-9H,1-2H3. The maximum atomic E-state index is 13.7. The average molecular weight is 284 g/mol. The van der Waals surface area contributed by atoms with Crippen molar-refractivity contribution in [2.24, 2.45) is 7.05 Å². The van der Waals surface area contributed by atoms with Gasteiger partial charge >= 0.3 is 0 Å². The van der Waals surface area contributed by atoms with Crippen LogP contribution in [0.3, 0.4) is 0 Å². The quantitative estimate of drug-likeness (QED) is 0.727. The number of benzene rings is 1. The summed E-state index contributed by atoms with van der Waals surface area (Å²) in [6, 6.07) is 6.23. The molecule has 2 heterocycles. The van der Waals surface area contributed by atoms with Crippen LogP contribution in [0.2, 0.25) is 0 Å². The van der Waals surface area contributed by atoms with E-state index < -0.39 is 0 Å². The molecule has 0 spiro atoms. The minimum atomic E-state index is -0.389. The molecule has 0 unspecified atom stereocenters. The highest BCUT2D eigenvalue weighted by Crippen LogP contribution is 2.29. The lowest BCUT2D eigenvalue weighted by Crippen LogP contribution is -2.16. The van der Waals surface area contributed by atoms with E-state index in [0.29, 0.717) is 16.7 Å². The molecule has 0 aliphatic heterocycles. The van der Waals surface area contributed by atoms with Gasteiger partial charge in [0.1, 0.15) is 11.6 Å². The normalized spacial score (nSPS) is 10.8. The first-order chi connectivity index (χ1) is 10.1. The number of ether oxygens (including phenoxy) is 1. The summed E-state index contributed by atoms with van der Waals surface area (Å²) in [6.07, 6.45) is 4.83. The number of halogens is 1. The summed E-state index contributed by atoms with van der Waals surface area (Å²) in [6.45, 7) is 0. The third-order valence-corrected chi connectivity index (χ3v) is 3.40. The number of methoxy groups -OCH3 is 1. The van der Waals surface area contributed by atoms with Gasteiger partial charge in [-0.15, -0.1) is 0 Å². The first-order valence-corrected chi connectivity index (χ1v) is 6.38. The molecule has 4 nitrogen and oxygen atoms in total. The second kappa shape index (κ2) is 5.01. The Balaban J connectivity index is 2.38. The number of pyridine rings is 2. The molecule has 3 aromatic rings. The van der Waals surface area contributed by atoms with E-state index in [2.05, 4.69) is 4.98 Å². The first-order valence-electron chi connectivity index (χ1n) is 6.38. The largest absolute Gasteiger partial charge is 0.497 e. The van der Waals surface area contributed by atoms with Crippen molar-refractivity contribution in [3.05, 3.63) is 59.0 Å². The lowest BCUT2D eigenvalue weighted by atomic mass is 10.0. The van der Waals surface area contributed by atoms with Crippen molar-refractivity contribution in [1.29, 1.82) is 0 Å². The summed E-state index contributed by atoms with van der Waals surface area (Å²) in [5.41, 5.74) is 1.27. The van der Waals surface area contributed by atoms with Gasteiger partial charge < -0.3 is 9.30 Å². The number of aromatic nitrogens is 2. The zero-order valence-electron chi connectivity index (χ0n) is 11.6. The predicted octanol–water partition coefficient (Wildman–Crippen LogP) is 2.75. The summed E-state index contributed by atoms with van der Waals surface area (Å²) in [5, 5.41) is 1.24. The second-order valence-corrected chi connectivity index (χ2v) is 4.76. The van der Waals surface area contributed by atoms with Gasteiger partial charge in [-0.25, -0.2) is 4.39 Å². The van der Waals surface area contributed by atoms with E-state index in [1.54, 1.807) is 31.6 Å². The number of rotatable bonds is 2. The molecule has 0 aliphatic rings. The van der Waals surface area contributed by atoms with Crippen molar-refractivity contribution in [3.8, 4) is 16.9 Å². The maximum absolute atomic E-state index is 13.7. The molecule has 0 radical (unpaired) electrons. The monoisotopic (exact) mass is 284 g/mol. The van der Waals surface area contributed by atoms with Gasteiger partial charge in [0.25, 0.3) is 5.56 Å². The number of fused-ring (bicyclic) bond motifs is 1. The molecule has 2 aromatic heterocycles. The van der Waals surface area contributed by atoms with E-state index in [1.165, 1.54) is 30.0 Å². The molecule has 0 amide bonds. The molecule has 0 saturated carbocycles. The van der Waals surface area contributed by atoms with Crippen molar-refractivity contribution in [2.75, 3.05) is 7.11 Å². The fraction of sp³-hybridized carbons (Fsp3) is 0.125. The third kappa shape index (κ3) is 2.27. The summed E-state index contributed by atoms with van der Waals surface area (Å²) >= 11 is 0. The lowest BCUT2D eigenvalue weighted by Gasteiger charge is -2.10. The van der Waals surface area contributed by atoms with Crippen LogP contribution in [0.1, 0.15) is 0 Å². The Hall–Kier alpha value is -2.69. The van der Waals surface area contributed by atoms with Gasteiger partial charge in [0, 0.05) is 37.3 Å². The van der Waals surface area contributed by atoms with Crippen molar-refractivity contribution in [3.63, 3.8) is 0 Å². The van der Waals surface area contributed by atoms with E-state index in [-0.39, 0.29) is 11.4 Å². The van der Waals surface area contributed by atoms with Gasteiger partial charge in [0.15, 0.2) is 0 Å². The Morgan fingerprint density at radius 1 is 1.24 bits per heavy atom. The van der Waals surface area contributed by atoms with E-state index in [9.17, 15) is 9.18 Å². The fourth-order valence-electron chi connectivity index (χ4n) is 2.38. The van der Waals surface area contributed by atoms with Gasteiger partial charge in [-0.2, -0.15) is 0 Å². The van der Waals surface area contributed by atoms with Crippen LogP contribution in [-0.2, 0) is 7.05 Å². The lowest BCUT2D eigenvalue weighted by molar-refractivity contribution is 0.411. The van der Waals surface area contributed by atoms with Crippen LogP contribution in [0.5, 0.6) is 5.75 Å². The van der Waals surface area contributed by atoms with E-state index in [4.69, 9.17) is 4.74 Å². The summed E-state index contributed by atoms with van der Waals surface area (Å²) < 4.78 is 20.3. The molecule has 3 rings (SSSR count). The molecule has 0 atom stereocenters. The minimum absolute atomic E-state index is 0.134. The van der Waals surface area contributed by atoms with Crippen molar-refractivity contribution >= 4 is 10.8 Å². The van der Waals surface area contributed by atoms with Gasteiger partial charge in [0.2, 0.25) is 0 Å². The molecule has 106 valence electrons. The topological polar surface area (TPSA) is 44.1 Å². The van der Waals surface area contributed by atoms with E-state index >= 15 is 0 Å². The van der Waals surface area contributed by atoms with Gasteiger partial charge in [-0.3, -0.25) is 9.78 Å². The van der Waals surface area contributed by atoms with Crippen molar-refractivity contribution < 1.29 is 9.13 Å². The number of hydrogen-bond donors (Lipinski definition) is 0. The fourth-order valence-corrected chi connectivity index (χ4v) is 2.38. The molecular formula is C16H13FN2O2. The predicted molar refractivity (Wildman–Crippen MR) is 78.9 cm³/mol. The highest BCUT2D eigenvalue weighted by molar-refractivity contribution is 5.95. The van der Waals surface area contributed by atoms with Crippen LogP contribution in [-0.4, -0.2) is 16.7 Å². The summed E-state index contributed by atoms with van der Waals surface area (Å²) in [5.74, 6) is 0.0430. The molecule has 0 fully saturated rings. The first kappa shape index (κ1) is 13.3. The van der Waals surface area contributed by atoms with Crippen LogP contribution in [0, 0.1) is 5.82 Å². The Bertz CT molecular complexity index is 887. The number of aryl methyl sites for hydroxylation is 1. The highest BCUT2D eigenvalue weighted by atomic mass is 19.1. The number of hydrogen-bond acceptors (Lipinski definition) is 3. The molecule has 1 aromatic carbocycles.